The molecule has 0 saturated heterocycles. The topological polar surface area (TPSA) is 75.1 Å². The first-order valence-electron chi connectivity index (χ1n) is 11.2. The number of fused-ring (bicyclic) bond motifs is 1. The number of nitrogens with zero attached hydrogens (tertiary/aromatic N) is 4. The van der Waals surface area contributed by atoms with Crippen LogP contribution in [0, 0.1) is 0 Å². The molecular weight excluding hydrogens is 460 g/mol. The Kier molecular flexibility index (Phi) is 6.01. The Morgan fingerprint density at radius 2 is 1.69 bits per heavy atom. The largest absolute Gasteiger partial charge is 0.378 e. The summed E-state index contributed by atoms with van der Waals surface area (Å²) in [5.74, 6) is 0.943. The highest BCUT2D eigenvalue weighted by Crippen LogP contribution is 2.37. The van der Waals surface area contributed by atoms with Crippen LogP contribution < -0.4 is 15.5 Å². The van der Waals surface area contributed by atoms with Crippen LogP contribution in [0.5, 0.6) is 0 Å². The second kappa shape index (κ2) is 9.27. The maximum atomic E-state index is 13.5. The Balaban J connectivity index is 1.57. The molecule has 1 unspecified atom stereocenters. The number of carbonyl (C=O) groups excluding carboxylic acids is 1. The van der Waals surface area contributed by atoms with Crippen molar-refractivity contribution in [3.8, 4) is 11.4 Å². The number of allylic oxidation sites excluding steroid dienone is 1. The summed E-state index contributed by atoms with van der Waals surface area (Å²) in [5.41, 5.74) is 4.86. The lowest BCUT2D eigenvalue weighted by molar-refractivity contribution is -0.113. The van der Waals surface area contributed by atoms with Crippen molar-refractivity contribution >= 4 is 34.8 Å². The first kappa shape index (κ1) is 22.7. The standard InChI is InChI=1S/C27H25ClN6O/c1-17-23(26(35)30-21-7-5-4-6-8-21)24(18-9-13-20(28)14-10-18)34-27(29-17)31-25(32-34)19-11-15-22(16-12-19)33(2)3/h4-16,24H,1-3H3,(H,30,35)(H,29,31,32). The van der Waals surface area contributed by atoms with E-state index in [1.54, 1.807) is 4.68 Å². The van der Waals surface area contributed by atoms with Crippen LogP contribution >= 0.6 is 11.6 Å². The number of hydrogen-bond acceptors (Lipinski definition) is 5. The van der Waals surface area contributed by atoms with E-state index in [9.17, 15) is 4.79 Å². The number of halogens is 1. The number of rotatable bonds is 5. The SMILES string of the molecule is CC1=C(C(=O)Nc2ccccc2)C(c2ccc(Cl)cc2)n2nc(-c3ccc(N(C)C)cc3)nc2N1. The van der Waals surface area contributed by atoms with Gasteiger partial charge in [0.15, 0.2) is 5.82 Å². The Bertz CT molecular complexity index is 1390. The molecule has 1 aromatic heterocycles. The maximum Gasteiger partial charge on any atom is 0.255 e. The van der Waals surface area contributed by atoms with Gasteiger partial charge < -0.3 is 15.5 Å². The number of nitrogens with one attached hydrogen (secondary N) is 2. The van der Waals surface area contributed by atoms with Gasteiger partial charge in [0.2, 0.25) is 5.95 Å². The van der Waals surface area contributed by atoms with Gasteiger partial charge in [-0.3, -0.25) is 4.79 Å². The lowest BCUT2D eigenvalue weighted by atomic mass is 9.95. The van der Waals surface area contributed by atoms with Crippen LogP contribution in [0.1, 0.15) is 18.5 Å². The molecule has 3 aromatic carbocycles. The van der Waals surface area contributed by atoms with E-state index in [2.05, 4.69) is 10.6 Å². The number of benzene rings is 3. The van der Waals surface area contributed by atoms with Gasteiger partial charge in [0.1, 0.15) is 6.04 Å². The monoisotopic (exact) mass is 484 g/mol. The zero-order chi connectivity index (χ0) is 24.5. The lowest BCUT2D eigenvalue weighted by Gasteiger charge is -2.28. The highest BCUT2D eigenvalue weighted by Gasteiger charge is 2.34. The molecule has 35 heavy (non-hydrogen) atoms. The van der Waals surface area contributed by atoms with Gasteiger partial charge in [-0.25, -0.2) is 4.68 Å². The number of carbonyl (C=O) groups is 1. The molecular formula is C27H25ClN6O. The van der Waals surface area contributed by atoms with Gasteiger partial charge in [-0.2, -0.15) is 4.98 Å². The third-order valence-electron chi connectivity index (χ3n) is 5.96. The van der Waals surface area contributed by atoms with Gasteiger partial charge in [0.05, 0.1) is 5.57 Å². The number of hydrogen-bond donors (Lipinski definition) is 2. The predicted octanol–water partition coefficient (Wildman–Crippen LogP) is 5.59. The van der Waals surface area contributed by atoms with Crippen molar-refractivity contribution in [1.29, 1.82) is 0 Å². The molecule has 0 aliphatic carbocycles. The van der Waals surface area contributed by atoms with Crippen LogP contribution in [0.3, 0.4) is 0 Å². The van der Waals surface area contributed by atoms with E-state index < -0.39 is 6.04 Å². The van der Waals surface area contributed by atoms with Crippen LogP contribution in [0.4, 0.5) is 17.3 Å². The number of aromatic nitrogens is 3. The van der Waals surface area contributed by atoms with E-state index in [4.69, 9.17) is 21.7 Å². The molecule has 0 radical (unpaired) electrons. The summed E-state index contributed by atoms with van der Waals surface area (Å²) in [6.07, 6.45) is 0. The van der Waals surface area contributed by atoms with Crippen molar-refractivity contribution in [3.05, 3.63) is 101 Å². The Hall–Kier alpha value is -4.10. The lowest BCUT2D eigenvalue weighted by Crippen LogP contribution is -2.31. The van der Waals surface area contributed by atoms with Crippen molar-refractivity contribution < 1.29 is 4.79 Å². The fourth-order valence-corrected chi connectivity index (χ4v) is 4.28. The molecule has 1 amide bonds. The number of para-hydroxylation sites is 1. The summed E-state index contributed by atoms with van der Waals surface area (Å²) in [6, 6.07) is 24.4. The first-order chi connectivity index (χ1) is 16.9. The van der Waals surface area contributed by atoms with E-state index in [1.165, 1.54) is 0 Å². The molecule has 5 rings (SSSR count). The maximum absolute atomic E-state index is 13.5. The van der Waals surface area contributed by atoms with Crippen LogP contribution in [0.15, 0.2) is 90.1 Å². The molecule has 0 spiro atoms. The predicted molar refractivity (Wildman–Crippen MR) is 141 cm³/mol. The summed E-state index contributed by atoms with van der Waals surface area (Å²) in [5, 5.41) is 11.7. The highest BCUT2D eigenvalue weighted by atomic mass is 35.5. The average molecular weight is 485 g/mol. The van der Waals surface area contributed by atoms with Gasteiger partial charge in [-0.05, 0) is 61.0 Å². The van der Waals surface area contributed by atoms with Crippen molar-refractivity contribution in [2.24, 2.45) is 0 Å². The first-order valence-corrected chi connectivity index (χ1v) is 11.6. The Labute approximate surface area is 209 Å². The number of anilines is 3. The summed E-state index contributed by atoms with van der Waals surface area (Å²) in [6.45, 7) is 1.88. The minimum Gasteiger partial charge on any atom is -0.378 e. The molecule has 7 nitrogen and oxygen atoms in total. The summed E-state index contributed by atoms with van der Waals surface area (Å²) < 4.78 is 1.77. The van der Waals surface area contributed by atoms with Crippen molar-refractivity contribution in [2.45, 2.75) is 13.0 Å². The second-order valence-corrected chi connectivity index (χ2v) is 9.02. The molecule has 8 heteroatoms. The third kappa shape index (κ3) is 4.50. The summed E-state index contributed by atoms with van der Waals surface area (Å²) >= 11 is 6.16. The molecule has 1 atom stereocenters. The molecule has 2 N–H and O–H groups in total. The zero-order valence-electron chi connectivity index (χ0n) is 19.7. The van der Waals surface area contributed by atoms with Crippen LogP contribution in [0.2, 0.25) is 5.02 Å². The second-order valence-electron chi connectivity index (χ2n) is 8.58. The minimum absolute atomic E-state index is 0.209. The van der Waals surface area contributed by atoms with E-state index in [0.717, 1.165) is 22.5 Å². The Morgan fingerprint density at radius 1 is 1.00 bits per heavy atom. The Morgan fingerprint density at radius 3 is 2.34 bits per heavy atom. The van der Waals surface area contributed by atoms with E-state index in [-0.39, 0.29) is 5.91 Å². The van der Waals surface area contributed by atoms with E-state index in [1.807, 2.05) is 105 Å². The summed E-state index contributed by atoms with van der Waals surface area (Å²) in [4.78, 5) is 20.3. The van der Waals surface area contributed by atoms with Crippen LogP contribution in [-0.2, 0) is 4.79 Å². The van der Waals surface area contributed by atoms with Gasteiger partial charge in [-0.15, -0.1) is 5.10 Å². The molecule has 4 aromatic rings. The molecule has 0 fully saturated rings. The fourth-order valence-electron chi connectivity index (χ4n) is 4.15. The minimum atomic E-state index is -0.477. The van der Waals surface area contributed by atoms with Crippen molar-refractivity contribution in [1.82, 2.24) is 14.8 Å². The third-order valence-corrected chi connectivity index (χ3v) is 6.21. The van der Waals surface area contributed by atoms with Gasteiger partial charge in [0.25, 0.3) is 5.91 Å². The zero-order valence-corrected chi connectivity index (χ0v) is 20.4. The van der Waals surface area contributed by atoms with Gasteiger partial charge >= 0.3 is 0 Å². The van der Waals surface area contributed by atoms with E-state index in [0.29, 0.717) is 28.1 Å². The van der Waals surface area contributed by atoms with Crippen LogP contribution in [0.25, 0.3) is 11.4 Å². The average Bonchev–Trinajstić information content (AvgIpc) is 3.28. The summed E-state index contributed by atoms with van der Waals surface area (Å²) in [7, 11) is 4.00. The highest BCUT2D eigenvalue weighted by molar-refractivity contribution is 6.30. The van der Waals surface area contributed by atoms with Gasteiger partial charge in [0, 0.05) is 41.8 Å². The van der Waals surface area contributed by atoms with E-state index >= 15 is 0 Å². The van der Waals surface area contributed by atoms with Crippen LogP contribution in [-0.4, -0.2) is 34.8 Å². The van der Waals surface area contributed by atoms with Crippen molar-refractivity contribution in [2.75, 3.05) is 29.6 Å². The molecule has 0 bridgehead atoms. The molecule has 176 valence electrons. The smallest absolute Gasteiger partial charge is 0.255 e. The fraction of sp³-hybridized carbons (Fsp3) is 0.148. The molecule has 1 aliphatic heterocycles. The molecule has 2 heterocycles. The van der Waals surface area contributed by atoms with Crippen molar-refractivity contribution in [3.63, 3.8) is 0 Å². The van der Waals surface area contributed by atoms with Gasteiger partial charge in [-0.1, -0.05) is 41.9 Å². The normalized spacial score (nSPS) is 14.8. The number of amides is 1. The molecule has 1 aliphatic rings. The quantitative estimate of drug-likeness (QED) is 0.386. The molecule has 0 saturated carbocycles.